The molecule has 4 nitrogen and oxygen atoms in total. The first-order valence-electron chi connectivity index (χ1n) is 6.25. The lowest BCUT2D eigenvalue weighted by molar-refractivity contribution is -0.189. The van der Waals surface area contributed by atoms with E-state index in [1.54, 1.807) is 0 Å². The van der Waals surface area contributed by atoms with E-state index in [1.165, 1.54) is 13.8 Å². The van der Waals surface area contributed by atoms with Gasteiger partial charge in [-0.25, -0.2) is 8.78 Å². The Bertz CT molecular complexity index is 337. The van der Waals surface area contributed by atoms with Crippen LogP contribution in [0, 0.1) is 0 Å². The van der Waals surface area contributed by atoms with E-state index in [2.05, 4.69) is 0 Å². The van der Waals surface area contributed by atoms with Crippen LogP contribution in [0.1, 0.15) is 33.1 Å². The van der Waals surface area contributed by atoms with Crippen LogP contribution in [0.4, 0.5) is 8.78 Å². The number of hydrogen-bond donors (Lipinski definition) is 1. The van der Waals surface area contributed by atoms with Gasteiger partial charge in [-0.15, -0.1) is 0 Å². The smallest absolute Gasteiger partial charge is 0.290 e. The molecule has 104 valence electrons. The molecule has 0 aromatic rings. The zero-order valence-corrected chi connectivity index (χ0v) is 10.7. The van der Waals surface area contributed by atoms with Crippen molar-refractivity contribution in [1.82, 2.24) is 4.90 Å². The van der Waals surface area contributed by atoms with Crippen LogP contribution in [0.15, 0.2) is 0 Å². The van der Waals surface area contributed by atoms with Crippen molar-refractivity contribution in [2.45, 2.75) is 56.8 Å². The van der Waals surface area contributed by atoms with Gasteiger partial charge in [0.25, 0.3) is 11.8 Å². The average Bonchev–Trinajstić information content (AvgIpc) is 3.02. The van der Waals surface area contributed by atoms with E-state index in [4.69, 9.17) is 4.74 Å². The lowest BCUT2D eigenvalue weighted by Crippen LogP contribution is -2.58. The topological polar surface area (TPSA) is 49.8 Å². The second-order valence-corrected chi connectivity index (χ2v) is 5.66. The Morgan fingerprint density at radius 1 is 1.39 bits per heavy atom. The van der Waals surface area contributed by atoms with E-state index in [1.807, 2.05) is 0 Å². The fourth-order valence-electron chi connectivity index (χ4n) is 2.08. The maximum absolute atomic E-state index is 13.9. The number of nitrogens with zero attached hydrogens (tertiary/aromatic N) is 1. The molecule has 1 atom stereocenters. The molecule has 0 bridgehead atoms. The summed E-state index contributed by atoms with van der Waals surface area (Å²) in [7, 11) is 0. The summed E-state index contributed by atoms with van der Waals surface area (Å²) in [5.74, 6) is -3.70. The molecule has 0 aromatic carbocycles. The fraction of sp³-hybridized carbons (Fsp3) is 0.917. The van der Waals surface area contributed by atoms with Crippen LogP contribution in [-0.2, 0) is 9.53 Å². The van der Waals surface area contributed by atoms with Crippen molar-refractivity contribution in [3.63, 3.8) is 0 Å². The monoisotopic (exact) mass is 263 g/mol. The highest BCUT2D eigenvalue weighted by Crippen LogP contribution is 2.35. The summed E-state index contributed by atoms with van der Waals surface area (Å²) < 4.78 is 33.0. The van der Waals surface area contributed by atoms with Crippen LogP contribution in [0.5, 0.6) is 0 Å². The summed E-state index contributed by atoms with van der Waals surface area (Å²) in [5.41, 5.74) is -1.61. The minimum Gasteiger partial charge on any atom is -0.381 e. The molecular weight excluding hydrogens is 244 g/mol. The van der Waals surface area contributed by atoms with Gasteiger partial charge in [-0.2, -0.15) is 0 Å². The molecule has 1 saturated carbocycles. The summed E-state index contributed by atoms with van der Waals surface area (Å²) in [6, 6.07) is 0. The molecule has 2 aliphatic rings. The van der Waals surface area contributed by atoms with Gasteiger partial charge in [0.1, 0.15) is 11.7 Å². The molecule has 18 heavy (non-hydrogen) atoms. The maximum Gasteiger partial charge on any atom is 0.290 e. The molecule has 6 heteroatoms. The summed E-state index contributed by atoms with van der Waals surface area (Å²) in [6.45, 7) is 2.14. The summed E-state index contributed by atoms with van der Waals surface area (Å²) in [5, 5.41) is 9.56. The van der Waals surface area contributed by atoms with Crippen molar-refractivity contribution in [3.05, 3.63) is 0 Å². The third-order valence-corrected chi connectivity index (χ3v) is 3.23. The Kier molecular flexibility index (Phi) is 3.36. The van der Waals surface area contributed by atoms with Crippen molar-refractivity contribution < 1.29 is 23.4 Å². The van der Waals surface area contributed by atoms with Crippen LogP contribution in [0.2, 0.25) is 0 Å². The van der Waals surface area contributed by atoms with Gasteiger partial charge in [0.05, 0.1) is 12.6 Å². The normalized spacial score (nSPS) is 28.3. The number of aliphatic hydroxyl groups is 1. The van der Waals surface area contributed by atoms with Gasteiger partial charge < -0.3 is 14.7 Å². The van der Waals surface area contributed by atoms with Gasteiger partial charge in [-0.1, -0.05) is 0 Å². The molecule has 1 N–H and O–H groups in total. The molecule has 1 heterocycles. The molecule has 1 aliphatic heterocycles. The van der Waals surface area contributed by atoms with Crippen LogP contribution < -0.4 is 0 Å². The van der Waals surface area contributed by atoms with E-state index < -0.39 is 30.1 Å². The third kappa shape index (κ3) is 2.98. The molecule has 1 aliphatic carbocycles. The number of likely N-dealkylation sites (tertiary alicyclic amines) is 1. The number of carbonyl (C=O) groups is 1. The van der Waals surface area contributed by atoms with Crippen molar-refractivity contribution >= 4 is 5.91 Å². The second-order valence-electron chi connectivity index (χ2n) is 5.66. The van der Waals surface area contributed by atoms with Gasteiger partial charge in [0.2, 0.25) is 0 Å². The van der Waals surface area contributed by atoms with Crippen LogP contribution in [0.25, 0.3) is 0 Å². The Labute approximate surface area is 105 Å². The minimum atomic E-state index is -3.04. The molecule has 0 aromatic heterocycles. The highest BCUT2D eigenvalue weighted by Gasteiger charge is 2.49. The van der Waals surface area contributed by atoms with E-state index >= 15 is 0 Å². The Morgan fingerprint density at radius 3 is 2.44 bits per heavy atom. The average molecular weight is 263 g/mol. The zero-order chi connectivity index (χ0) is 13.6. The molecule has 2 fully saturated rings. The summed E-state index contributed by atoms with van der Waals surface area (Å²) >= 11 is 0. The molecule has 1 saturated heterocycles. The van der Waals surface area contributed by atoms with E-state index in [0.717, 1.165) is 17.7 Å². The fourth-order valence-corrected chi connectivity index (χ4v) is 2.08. The van der Waals surface area contributed by atoms with Gasteiger partial charge in [0, 0.05) is 6.54 Å². The molecule has 2 rings (SSSR count). The largest absolute Gasteiger partial charge is 0.381 e. The molecule has 1 unspecified atom stereocenters. The predicted octanol–water partition coefficient (Wildman–Crippen LogP) is 1.17. The number of alkyl halides is 2. The molecule has 0 spiro atoms. The number of halogens is 2. The van der Waals surface area contributed by atoms with E-state index in [-0.39, 0.29) is 19.1 Å². The van der Waals surface area contributed by atoms with Crippen LogP contribution >= 0.6 is 0 Å². The number of carbonyl (C=O) groups excluding carboxylic acids is 1. The Morgan fingerprint density at radius 2 is 2.00 bits per heavy atom. The first-order chi connectivity index (χ1) is 8.20. The number of amides is 1. The first-order valence-corrected chi connectivity index (χ1v) is 6.25. The van der Waals surface area contributed by atoms with Gasteiger partial charge in [0.15, 0.2) is 0 Å². The van der Waals surface area contributed by atoms with Crippen molar-refractivity contribution in [2.24, 2.45) is 0 Å². The number of rotatable bonds is 3. The quantitative estimate of drug-likeness (QED) is 0.831. The van der Waals surface area contributed by atoms with Crippen molar-refractivity contribution in [3.8, 4) is 0 Å². The predicted molar refractivity (Wildman–Crippen MR) is 60.3 cm³/mol. The van der Waals surface area contributed by atoms with E-state index in [9.17, 15) is 18.7 Å². The van der Waals surface area contributed by atoms with Crippen molar-refractivity contribution in [1.29, 1.82) is 0 Å². The lowest BCUT2D eigenvalue weighted by atomic mass is 10.0. The van der Waals surface area contributed by atoms with Crippen LogP contribution in [-0.4, -0.2) is 52.7 Å². The third-order valence-electron chi connectivity index (χ3n) is 3.23. The first kappa shape index (κ1) is 13.7. The lowest BCUT2D eigenvalue weighted by Gasteiger charge is -2.39. The Hall–Kier alpha value is -0.750. The zero-order valence-electron chi connectivity index (χ0n) is 10.7. The maximum atomic E-state index is 13.9. The standard InChI is InChI=1S/C12H19F2NO3/c1-11(2,17)10(16)15-6-5-9(12(13,14)7-15)18-8-3-4-8/h8-9,17H,3-7H2,1-2H3. The van der Waals surface area contributed by atoms with E-state index in [0.29, 0.717) is 0 Å². The summed E-state index contributed by atoms with van der Waals surface area (Å²) in [4.78, 5) is 12.8. The number of piperidine rings is 1. The van der Waals surface area contributed by atoms with Gasteiger partial charge in [-0.05, 0) is 33.1 Å². The number of ether oxygens (including phenoxy) is 1. The van der Waals surface area contributed by atoms with Crippen LogP contribution in [0.3, 0.4) is 0 Å². The second kappa shape index (κ2) is 4.42. The van der Waals surface area contributed by atoms with Crippen molar-refractivity contribution in [2.75, 3.05) is 13.1 Å². The Balaban J connectivity index is 1.98. The highest BCUT2D eigenvalue weighted by atomic mass is 19.3. The highest BCUT2D eigenvalue weighted by molar-refractivity contribution is 5.84. The molecular formula is C12H19F2NO3. The number of hydrogen-bond acceptors (Lipinski definition) is 3. The van der Waals surface area contributed by atoms with Gasteiger partial charge >= 0.3 is 0 Å². The SMILES string of the molecule is CC(C)(O)C(=O)N1CCC(OC2CC2)C(F)(F)C1. The minimum absolute atomic E-state index is 0.0302. The van der Waals surface area contributed by atoms with Gasteiger partial charge in [-0.3, -0.25) is 4.79 Å². The molecule has 1 amide bonds. The summed E-state index contributed by atoms with van der Waals surface area (Å²) in [6.07, 6.45) is 0.677. The molecule has 0 radical (unpaired) electrons.